The molecule has 0 unspecified atom stereocenters. The van der Waals surface area contributed by atoms with Crippen LogP contribution in [0.15, 0.2) is 48.5 Å². The molecule has 2 aromatic carbocycles. The third-order valence-corrected chi connectivity index (χ3v) is 5.77. The van der Waals surface area contributed by atoms with Crippen molar-refractivity contribution in [3.63, 3.8) is 0 Å². The fourth-order valence-corrected chi connectivity index (χ4v) is 3.64. The van der Waals surface area contributed by atoms with Gasteiger partial charge in [0.2, 0.25) is 5.91 Å². The zero-order valence-electron chi connectivity index (χ0n) is 19.1. The average Bonchev–Trinajstić information content (AvgIpc) is 2.91. The summed E-state index contributed by atoms with van der Waals surface area (Å²) in [5.41, 5.74) is 2.44. The summed E-state index contributed by atoms with van der Waals surface area (Å²) in [6.45, 7) is 11.9. The molecule has 0 aliphatic carbocycles. The second-order valence-electron chi connectivity index (χ2n) is 9.60. The van der Waals surface area contributed by atoms with Crippen molar-refractivity contribution in [2.45, 2.75) is 58.4 Å². The van der Waals surface area contributed by atoms with E-state index in [0.717, 1.165) is 16.0 Å². The number of anilines is 1. The average molecular weight is 422 g/mol. The molecule has 1 heterocycles. The highest BCUT2D eigenvalue weighted by Gasteiger charge is 2.49. The highest BCUT2D eigenvalue weighted by atomic mass is 16.2. The van der Waals surface area contributed by atoms with Crippen molar-refractivity contribution in [1.29, 1.82) is 0 Å². The maximum absolute atomic E-state index is 13.1. The molecule has 1 saturated heterocycles. The Labute approximate surface area is 184 Å². The molecule has 31 heavy (non-hydrogen) atoms. The van der Waals surface area contributed by atoms with E-state index in [1.165, 1.54) is 0 Å². The molecule has 0 saturated carbocycles. The van der Waals surface area contributed by atoms with Crippen LogP contribution in [0.25, 0.3) is 0 Å². The van der Waals surface area contributed by atoms with E-state index in [0.29, 0.717) is 17.2 Å². The SMILES string of the molecule is CC(C)c1ccc([C@]2(C)NC(=O)N(CC(=O)Nc3ccc(C(C)(C)C)cc3)C2=O)cc1. The van der Waals surface area contributed by atoms with Gasteiger partial charge in [-0.25, -0.2) is 4.79 Å². The summed E-state index contributed by atoms with van der Waals surface area (Å²) in [4.78, 5) is 39.1. The number of amides is 4. The second-order valence-corrected chi connectivity index (χ2v) is 9.60. The van der Waals surface area contributed by atoms with Crippen LogP contribution in [0.5, 0.6) is 0 Å². The number of urea groups is 1. The number of hydrogen-bond donors (Lipinski definition) is 2. The number of carbonyl (C=O) groups excluding carboxylic acids is 3. The lowest BCUT2D eigenvalue weighted by atomic mass is 9.87. The fourth-order valence-electron chi connectivity index (χ4n) is 3.64. The first-order valence-electron chi connectivity index (χ1n) is 10.6. The Kier molecular flexibility index (Phi) is 5.94. The molecule has 0 aromatic heterocycles. The second kappa shape index (κ2) is 8.17. The van der Waals surface area contributed by atoms with Crippen LogP contribution in [0, 0.1) is 0 Å². The Hall–Kier alpha value is -3.15. The molecule has 0 radical (unpaired) electrons. The third-order valence-electron chi connectivity index (χ3n) is 5.77. The first-order chi connectivity index (χ1) is 14.4. The zero-order chi connectivity index (χ0) is 23.0. The Morgan fingerprint density at radius 3 is 2.13 bits per heavy atom. The number of imide groups is 1. The van der Waals surface area contributed by atoms with Crippen LogP contribution < -0.4 is 10.6 Å². The van der Waals surface area contributed by atoms with E-state index in [1.54, 1.807) is 6.92 Å². The number of carbonyl (C=O) groups is 3. The van der Waals surface area contributed by atoms with Gasteiger partial charge in [0.1, 0.15) is 12.1 Å². The van der Waals surface area contributed by atoms with E-state index < -0.39 is 23.4 Å². The summed E-state index contributed by atoms with van der Waals surface area (Å²) in [7, 11) is 0. The number of hydrogen-bond acceptors (Lipinski definition) is 3. The predicted octanol–water partition coefficient (Wildman–Crippen LogP) is 4.51. The quantitative estimate of drug-likeness (QED) is 0.697. The van der Waals surface area contributed by atoms with Crippen molar-refractivity contribution in [2.24, 2.45) is 0 Å². The lowest BCUT2D eigenvalue weighted by molar-refractivity contribution is -0.133. The molecule has 1 fully saturated rings. The predicted molar refractivity (Wildman–Crippen MR) is 122 cm³/mol. The molecule has 0 bridgehead atoms. The van der Waals surface area contributed by atoms with Gasteiger partial charge in [-0.1, -0.05) is 71.0 Å². The normalized spacial score (nSPS) is 19.0. The molecule has 6 heteroatoms. The molecule has 4 amide bonds. The van der Waals surface area contributed by atoms with Crippen molar-refractivity contribution < 1.29 is 14.4 Å². The summed E-state index contributed by atoms with van der Waals surface area (Å²) in [5, 5.41) is 5.51. The highest BCUT2D eigenvalue weighted by molar-refractivity contribution is 6.10. The summed E-state index contributed by atoms with van der Waals surface area (Å²) < 4.78 is 0. The Balaban J connectivity index is 1.70. The van der Waals surface area contributed by atoms with Crippen LogP contribution in [0.2, 0.25) is 0 Å². The molecule has 1 aliphatic heterocycles. The van der Waals surface area contributed by atoms with Crippen LogP contribution in [0.1, 0.15) is 64.2 Å². The van der Waals surface area contributed by atoms with Gasteiger partial charge in [0.15, 0.2) is 0 Å². The van der Waals surface area contributed by atoms with Gasteiger partial charge in [0.05, 0.1) is 0 Å². The van der Waals surface area contributed by atoms with Gasteiger partial charge in [0, 0.05) is 5.69 Å². The van der Waals surface area contributed by atoms with Gasteiger partial charge >= 0.3 is 6.03 Å². The van der Waals surface area contributed by atoms with Crippen molar-refractivity contribution in [1.82, 2.24) is 10.2 Å². The topological polar surface area (TPSA) is 78.5 Å². The van der Waals surface area contributed by atoms with E-state index >= 15 is 0 Å². The van der Waals surface area contributed by atoms with E-state index in [2.05, 4.69) is 45.3 Å². The van der Waals surface area contributed by atoms with Crippen LogP contribution in [0.4, 0.5) is 10.5 Å². The first kappa shape index (κ1) is 22.5. The highest BCUT2D eigenvalue weighted by Crippen LogP contribution is 2.30. The fraction of sp³-hybridized carbons (Fsp3) is 0.400. The van der Waals surface area contributed by atoms with Crippen molar-refractivity contribution in [3.05, 3.63) is 65.2 Å². The van der Waals surface area contributed by atoms with E-state index in [4.69, 9.17) is 0 Å². The number of nitrogens with one attached hydrogen (secondary N) is 2. The molecule has 2 N–H and O–H groups in total. The Morgan fingerprint density at radius 1 is 1.03 bits per heavy atom. The number of benzene rings is 2. The summed E-state index contributed by atoms with van der Waals surface area (Å²) in [5.74, 6) is -0.493. The molecular formula is C25H31N3O3. The molecule has 0 spiro atoms. The lowest BCUT2D eigenvalue weighted by Gasteiger charge is -2.23. The van der Waals surface area contributed by atoms with Crippen molar-refractivity contribution in [2.75, 3.05) is 11.9 Å². The zero-order valence-corrected chi connectivity index (χ0v) is 19.1. The molecule has 1 aliphatic rings. The molecule has 6 nitrogen and oxygen atoms in total. The van der Waals surface area contributed by atoms with Crippen LogP contribution in [0.3, 0.4) is 0 Å². The van der Waals surface area contributed by atoms with Crippen molar-refractivity contribution in [3.8, 4) is 0 Å². The lowest BCUT2D eigenvalue weighted by Crippen LogP contribution is -2.42. The number of rotatable bonds is 5. The summed E-state index contributed by atoms with van der Waals surface area (Å²) in [6, 6.07) is 14.6. The molecule has 3 rings (SSSR count). The summed E-state index contributed by atoms with van der Waals surface area (Å²) >= 11 is 0. The molecule has 164 valence electrons. The molecular weight excluding hydrogens is 390 g/mol. The van der Waals surface area contributed by atoms with Gasteiger partial charge in [-0.2, -0.15) is 0 Å². The monoisotopic (exact) mass is 421 g/mol. The number of nitrogens with zero attached hydrogens (tertiary/aromatic N) is 1. The van der Waals surface area contributed by atoms with Crippen LogP contribution in [-0.2, 0) is 20.5 Å². The molecule has 2 aromatic rings. The van der Waals surface area contributed by atoms with Gasteiger partial charge in [0.25, 0.3) is 5.91 Å². The maximum atomic E-state index is 13.1. The Bertz CT molecular complexity index is 988. The first-order valence-corrected chi connectivity index (χ1v) is 10.6. The van der Waals surface area contributed by atoms with Gasteiger partial charge < -0.3 is 10.6 Å². The minimum absolute atomic E-state index is 0.0143. The summed E-state index contributed by atoms with van der Waals surface area (Å²) in [6.07, 6.45) is 0. The largest absolute Gasteiger partial charge is 0.325 e. The third kappa shape index (κ3) is 4.63. The minimum atomic E-state index is -1.19. The standard InChI is InChI=1S/C25H31N3O3/c1-16(2)17-7-9-19(10-8-17)25(6)22(30)28(23(31)27-25)15-21(29)26-20-13-11-18(12-14-20)24(3,4)5/h7-14,16H,15H2,1-6H3,(H,26,29)(H,27,31)/t25-/m0/s1. The van der Waals surface area contributed by atoms with Crippen LogP contribution in [-0.4, -0.2) is 29.3 Å². The van der Waals surface area contributed by atoms with E-state index in [-0.39, 0.29) is 12.0 Å². The van der Waals surface area contributed by atoms with Gasteiger partial charge in [-0.3, -0.25) is 14.5 Å². The maximum Gasteiger partial charge on any atom is 0.325 e. The van der Waals surface area contributed by atoms with Crippen LogP contribution >= 0.6 is 0 Å². The van der Waals surface area contributed by atoms with E-state index in [1.807, 2.05) is 48.5 Å². The Morgan fingerprint density at radius 2 is 1.61 bits per heavy atom. The molecule has 1 atom stereocenters. The minimum Gasteiger partial charge on any atom is -0.325 e. The van der Waals surface area contributed by atoms with E-state index in [9.17, 15) is 14.4 Å². The van der Waals surface area contributed by atoms with Gasteiger partial charge in [-0.15, -0.1) is 0 Å². The van der Waals surface area contributed by atoms with Crippen molar-refractivity contribution >= 4 is 23.5 Å². The van der Waals surface area contributed by atoms with Gasteiger partial charge in [-0.05, 0) is 47.1 Å². The smallest absolute Gasteiger partial charge is 0.325 e.